The number of hydrogen-bond acceptors (Lipinski definition) is 2. The van der Waals surface area contributed by atoms with E-state index in [4.69, 9.17) is 6.85 Å². The number of esters is 1. The molecule has 10 heavy (non-hydrogen) atoms. The SMILES string of the molecule is [2H]C([2H])([2H])C([2H])([2H])CCCCC(=O)OC. The summed E-state index contributed by atoms with van der Waals surface area (Å²) >= 11 is 0. The van der Waals surface area contributed by atoms with Crippen LogP contribution in [0.15, 0.2) is 0 Å². The minimum absolute atomic E-state index is 0.0690. The quantitative estimate of drug-likeness (QED) is 0.442. The number of carbonyl (C=O) groups excluding carboxylic acids is 1. The molecule has 0 amide bonds. The fraction of sp³-hybridized carbons (Fsp3) is 0.875. The van der Waals surface area contributed by atoms with Gasteiger partial charge >= 0.3 is 5.97 Å². The van der Waals surface area contributed by atoms with E-state index in [1.807, 2.05) is 0 Å². The summed E-state index contributed by atoms with van der Waals surface area (Å²) in [6, 6.07) is 0. The lowest BCUT2D eigenvalue weighted by atomic mass is 10.2. The number of hydrogen-bond donors (Lipinski definition) is 0. The predicted molar refractivity (Wildman–Crippen MR) is 40.8 cm³/mol. The summed E-state index contributed by atoms with van der Waals surface area (Å²) in [5.74, 6) is -0.357. The minimum atomic E-state index is -2.60. The molecule has 0 heterocycles. The van der Waals surface area contributed by atoms with Crippen LogP contribution in [-0.2, 0) is 9.53 Å². The van der Waals surface area contributed by atoms with Crippen molar-refractivity contribution in [2.24, 2.45) is 0 Å². The molecule has 0 aliphatic rings. The van der Waals surface area contributed by atoms with Crippen LogP contribution in [0, 0.1) is 0 Å². The zero-order valence-corrected chi connectivity index (χ0v) is 6.14. The van der Waals surface area contributed by atoms with Crippen LogP contribution in [0.4, 0.5) is 0 Å². The van der Waals surface area contributed by atoms with Crippen LogP contribution in [-0.4, -0.2) is 13.1 Å². The highest BCUT2D eigenvalue weighted by Gasteiger charge is 1.97. The summed E-state index contributed by atoms with van der Waals surface area (Å²) in [6.45, 7) is -2.60. The van der Waals surface area contributed by atoms with Crippen LogP contribution in [0.1, 0.15) is 45.8 Å². The number of carbonyl (C=O) groups is 1. The van der Waals surface area contributed by atoms with Gasteiger partial charge in [-0.05, 0) is 6.42 Å². The van der Waals surface area contributed by atoms with Gasteiger partial charge in [0.05, 0.1) is 7.11 Å². The minimum Gasteiger partial charge on any atom is -0.469 e. The molecule has 2 heteroatoms. The summed E-state index contributed by atoms with van der Waals surface area (Å²) in [4.78, 5) is 10.7. The molecular weight excluding hydrogens is 128 g/mol. The topological polar surface area (TPSA) is 26.3 Å². The molecule has 0 aromatic heterocycles. The normalized spacial score (nSPS) is 19.5. The van der Waals surface area contributed by atoms with E-state index >= 15 is 0 Å². The van der Waals surface area contributed by atoms with Gasteiger partial charge in [-0.25, -0.2) is 0 Å². The monoisotopic (exact) mass is 149 g/mol. The maximum absolute atomic E-state index is 10.7. The van der Waals surface area contributed by atoms with Gasteiger partial charge < -0.3 is 4.74 Å². The fourth-order valence-electron chi connectivity index (χ4n) is 0.585. The van der Waals surface area contributed by atoms with E-state index < -0.39 is 13.2 Å². The second kappa shape index (κ2) is 6.59. The lowest BCUT2D eigenvalue weighted by Gasteiger charge is -1.97. The van der Waals surface area contributed by atoms with Crippen LogP contribution in [0.5, 0.6) is 0 Å². The first kappa shape index (κ1) is 3.74. The third kappa shape index (κ3) is 5.60. The zero-order chi connectivity index (χ0) is 12.1. The van der Waals surface area contributed by atoms with Gasteiger partial charge in [0.25, 0.3) is 0 Å². The Bertz CT molecular complexity index is 212. The molecule has 0 aliphatic heterocycles. The second-order valence-corrected chi connectivity index (χ2v) is 1.96. The first-order chi connectivity index (χ1) is 6.70. The number of unbranched alkanes of at least 4 members (excludes halogenated alkanes) is 1. The third-order valence-electron chi connectivity index (χ3n) is 1.16. The molecule has 0 saturated heterocycles. The third-order valence-corrected chi connectivity index (χ3v) is 1.16. The lowest BCUT2D eigenvalue weighted by Crippen LogP contribution is -1.98. The Morgan fingerprint density at radius 1 is 1.60 bits per heavy atom. The van der Waals surface area contributed by atoms with Crippen molar-refractivity contribution >= 4 is 5.97 Å². The highest BCUT2D eigenvalue weighted by molar-refractivity contribution is 5.68. The molecule has 0 rings (SSSR count). The van der Waals surface area contributed by atoms with Crippen LogP contribution in [0.2, 0.25) is 0 Å². The molecule has 0 spiro atoms. The number of ether oxygens (including phenoxy) is 1. The van der Waals surface area contributed by atoms with Crippen molar-refractivity contribution in [1.29, 1.82) is 0 Å². The Morgan fingerprint density at radius 2 is 2.40 bits per heavy atom. The Labute approximate surface area is 69.6 Å². The molecule has 0 aromatic rings. The molecule has 0 aromatic carbocycles. The summed E-state index contributed by atoms with van der Waals surface area (Å²) in [6.07, 6.45) is -1.24. The maximum Gasteiger partial charge on any atom is 0.305 e. The van der Waals surface area contributed by atoms with Crippen molar-refractivity contribution in [3.63, 3.8) is 0 Å². The molecule has 0 radical (unpaired) electrons. The molecule has 0 aliphatic carbocycles. The van der Waals surface area contributed by atoms with Gasteiger partial charge in [0, 0.05) is 13.3 Å². The Hall–Kier alpha value is -0.530. The highest BCUT2D eigenvalue weighted by Crippen LogP contribution is 2.02. The van der Waals surface area contributed by atoms with Crippen LogP contribution in [0.3, 0.4) is 0 Å². The van der Waals surface area contributed by atoms with E-state index in [0.29, 0.717) is 12.8 Å². The van der Waals surface area contributed by atoms with Crippen LogP contribution in [0.25, 0.3) is 0 Å². The number of rotatable bonds is 5. The molecule has 0 unspecified atom stereocenters. The van der Waals surface area contributed by atoms with Gasteiger partial charge in [-0.3, -0.25) is 4.79 Å². The smallest absolute Gasteiger partial charge is 0.305 e. The average molecular weight is 149 g/mol. The lowest BCUT2D eigenvalue weighted by molar-refractivity contribution is -0.140. The van der Waals surface area contributed by atoms with Gasteiger partial charge in [-0.15, -0.1) is 0 Å². The Balaban J connectivity index is 3.82. The average Bonchev–Trinajstić information content (AvgIpc) is 2.10. The fourth-order valence-corrected chi connectivity index (χ4v) is 0.585. The molecule has 60 valence electrons. The van der Waals surface area contributed by atoms with Gasteiger partial charge in [0.15, 0.2) is 0 Å². The van der Waals surface area contributed by atoms with Gasteiger partial charge in [0.2, 0.25) is 0 Å². The maximum atomic E-state index is 10.7. The van der Waals surface area contributed by atoms with E-state index in [9.17, 15) is 4.79 Å². The van der Waals surface area contributed by atoms with E-state index in [-0.39, 0.29) is 18.8 Å². The van der Waals surface area contributed by atoms with E-state index in [1.165, 1.54) is 7.11 Å². The van der Waals surface area contributed by atoms with E-state index in [2.05, 4.69) is 4.74 Å². The van der Waals surface area contributed by atoms with Gasteiger partial charge in [-0.2, -0.15) is 0 Å². The largest absolute Gasteiger partial charge is 0.469 e. The Morgan fingerprint density at radius 3 is 3.00 bits per heavy atom. The van der Waals surface area contributed by atoms with Crippen molar-refractivity contribution in [1.82, 2.24) is 0 Å². The molecular formula is C8H16O2. The van der Waals surface area contributed by atoms with Crippen LogP contribution < -0.4 is 0 Å². The van der Waals surface area contributed by atoms with Crippen molar-refractivity contribution in [2.75, 3.05) is 7.11 Å². The standard InChI is InChI=1S/C8H16O2/c1-3-4-5-6-7-8(9)10-2/h3-7H2,1-2H3/i1D3,3D2. The predicted octanol–water partition coefficient (Wildman–Crippen LogP) is 2.13. The van der Waals surface area contributed by atoms with Crippen molar-refractivity contribution in [2.45, 2.75) is 38.9 Å². The first-order valence-electron chi connectivity index (χ1n) is 5.77. The van der Waals surface area contributed by atoms with E-state index in [0.717, 1.165) is 0 Å². The summed E-state index contributed by atoms with van der Waals surface area (Å²) in [7, 11) is 1.28. The van der Waals surface area contributed by atoms with Crippen molar-refractivity contribution < 1.29 is 16.4 Å². The Kier molecular flexibility index (Phi) is 2.47. The molecule has 0 N–H and O–H groups in total. The van der Waals surface area contributed by atoms with Crippen molar-refractivity contribution in [3.8, 4) is 0 Å². The second-order valence-electron chi connectivity index (χ2n) is 1.96. The van der Waals surface area contributed by atoms with Crippen LogP contribution >= 0.6 is 0 Å². The summed E-state index contributed by atoms with van der Waals surface area (Å²) in [5.41, 5.74) is 0. The zero-order valence-electron chi connectivity index (χ0n) is 11.1. The van der Waals surface area contributed by atoms with Gasteiger partial charge in [0.1, 0.15) is 0 Å². The molecule has 0 saturated carbocycles. The van der Waals surface area contributed by atoms with E-state index in [1.54, 1.807) is 0 Å². The van der Waals surface area contributed by atoms with Crippen molar-refractivity contribution in [3.05, 3.63) is 0 Å². The molecule has 0 bridgehead atoms. The summed E-state index contributed by atoms with van der Waals surface area (Å²) < 4.78 is 39.9. The molecule has 0 atom stereocenters. The number of methoxy groups -OCH3 is 1. The first-order valence-corrected chi connectivity index (χ1v) is 3.27. The summed E-state index contributed by atoms with van der Waals surface area (Å²) in [5, 5.41) is 0. The molecule has 2 nitrogen and oxygen atoms in total. The molecule has 0 fully saturated rings. The van der Waals surface area contributed by atoms with Gasteiger partial charge in [-0.1, -0.05) is 26.1 Å². The highest BCUT2D eigenvalue weighted by atomic mass is 16.5.